The molecule has 0 aliphatic heterocycles. The Bertz CT molecular complexity index is 828. The quantitative estimate of drug-likeness (QED) is 0.477. The second-order valence-electron chi connectivity index (χ2n) is 5.45. The molecule has 2 aromatic rings. The van der Waals surface area contributed by atoms with Crippen molar-refractivity contribution in [1.82, 2.24) is 0 Å². The molecule has 0 atom stereocenters. The first-order valence-electron chi connectivity index (χ1n) is 7.36. The number of nitrogens with one attached hydrogen (secondary N) is 1. The third kappa shape index (κ3) is 4.05. The first-order chi connectivity index (χ1) is 11.4. The lowest BCUT2D eigenvalue weighted by atomic mass is 10.0. The molecule has 0 heterocycles. The summed E-state index contributed by atoms with van der Waals surface area (Å²) >= 11 is 0. The highest BCUT2D eigenvalue weighted by molar-refractivity contribution is 7.93. The van der Waals surface area contributed by atoms with Crippen molar-refractivity contribution in [3.63, 3.8) is 0 Å². The van der Waals surface area contributed by atoms with Crippen LogP contribution in [0.5, 0.6) is 5.75 Å². The fourth-order valence-corrected chi connectivity index (χ4v) is 2.73. The summed E-state index contributed by atoms with van der Waals surface area (Å²) in [5.41, 5.74) is 2.02. The largest absolute Gasteiger partial charge is 0.497 e. The van der Waals surface area contributed by atoms with E-state index in [-0.39, 0.29) is 0 Å². The Morgan fingerprint density at radius 2 is 1.79 bits per heavy atom. The second-order valence-corrected chi connectivity index (χ2v) is 7.69. The maximum Gasteiger partial charge on any atom is 0.235 e. The molecule has 0 aliphatic rings. The van der Waals surface area contributed by atoms with Gasteiger partial charge in [-0.25, -0.2) is 8.42 Å². The predicted octanol–water partition coefficient (Wildman–Crippen LogP) is 3.07. The van der Waals surface area contributed by atoms with E-state index < -0.39 is 15.3 Å². The average molecular weight is 348 g/mol. The van der Waals surface area contributed by atoms with Crippen molar-refractivity contribution < 1.29 is 18.4 Å². The Morgan fingerprint density at radius 1 is 1.12 bits per heavy atom. The molecule has 2 N–H and O–H groups in total. The predicted molar refractivity (Wildman–Crippen MR) is 94.5 cm³/mol. The van der Waals surface area contributed by atoms with Crippen LogP contribution in [0.2, 0.25) is 0 Å². The van der Waals surface area contributed by atoms with E-state index in [9.17, 15) is 13.6 Å². The van der Waals surface area contributed by atoms with Crippen molar-refractivity contribution in [1.29, 1.82) is 0 Å². The third-order valence-corrected chi connectivity index (χ3v) is 5.24. The molecule has 0 radical (unpaired) electrons. The van der Waals surface area contributed by atoms with Crippen molar-refractivity contribution in [3.8, 4) is 5.75 Å². The summed E-state index contributed by atoms with van der Waals surface area (Å²) in [6.45, 7) is 3.20. The molecular weight excluding hydrogens is 328 g/mol. The van der Waals surface area contributed by atoms with Crippen molar-refractivity contribution in [2.75, 3.05) is 11.8 Å². The maximum absolute atomic E-state index is 12.0. The molecule has 6 nitrogen and oxygen atoms in total. The molecule has 2 aromatic carbocycles. The minimum absolute atomic E-state index is 0.336. The zero-order chi connectivity index (χ0) is 17.7. The maximum atomic E-state index is 12.0. The van der Waals surface area contributed by atoms with Gasteiger partial charge in [-0.15, -0.1) is 0 Å². The van der Waals surface area contributed by atoms with Gasteiger partial charge in [0.2, 0.25) is 10.0 Å². The minimum atomic E-state index is -3.44. The molecule has 0 aliphatic carbocycles. The van der Waals surface area contributed by atoms with Gasteiger partial charge in [0.05, 0.1) is 12.4 Å². The summed E-state index contributed by atoms with van der Waals surface area (Å²) in [6, 6.07) is 13.7. The van der Waals surface area contributed by atoms with E-state index in [0.717, 1.165) is 0 Å². The Labute approximate surface area is 141 Å². The number of rotatable bonds is 6. The van der Waals surface area contributed by atoms with Crippen LogP contribution in [0.25, 0.3) is 0 Å². The lowest BCUT2D eigenvalue weighted by Crippen LogP contribution is -2.22. The highest BCUT2D eigenvalue weighted by atomic mass is 32.2. The van der Waals surface area contributed by atoms with Gasteiger partial charge in [-0.05, 0) is 50.2 Å². The molecule has 0 unspecified atom stereocenters. The Morgan fingerprint density at radius 3 is 2.33 bits per heavy atom. The molecule has 0 saturated heterocycles. The average Bonchev–Trinajstić information content (AvgIpc) is 2.56. The molecule has 24 heavy (non-hydrogen) atoms. The Kier molecular flexibility index (Phi) is 5.46. The highest BCUT2D eigenvalue weighted by Gasteiger charge is 2.16. The third-order valence-electron chi connectivity index (χ3n) is 3.48. The number of methoxy groups -OCH3 is 1. The number of sulfonamides is 1. The molecule has 0 saturated carbocycles. The van der Waals surface area contributed by atoms with Crippen LogP contribution in [0.1, 0.15) is 25.0 Å². The molecular formula is C17H20N2O4S. The monoisotopic (exact) mass is 348 g/mol. The van der Waals surface area contributed by atoms with Crippen LogP contribution in [0.3, 0.4) is 0 Å². The molecule has 7 heteroatoms. The van der Waals surface area contributed by atoms with Gasteiger partial charge in [0, 0.05) is 16.8 Å². The van der Waals surface area contributed by atoms with E-state index in [1.165, 1.54) is 0 Å². The van der Waals surface area contributed by atoms with Crippen molar-refractivity contribution in [3.05, 3.63) is 59.7 Å². The van der Waals surface area contributed by atoms with Crippen LogP contribution in [-0.2, 0) is 10.0 Å². The summed E-state index contributed by atoms with van der Waals surface area (Å²) < 4.78 is 31.6. The standard InChI is InChI=1S/C17H20N2O4S/c1-12(2)24(21,22)19-15-6-4-5-14(11-15)17(18-20)13-7-9-16(23-3)10-8-13/h4-12,19-20H,1-3H3/b18-17-. The highest BCUT2D eigenvalue weighted by Crippen LogP contribution is 2.19. The van der Waals surface area contributed by atoms with Crippen molar-refractivity contribution >= 4 is 21.4 Å². The Balaban J connectivity index is 2.35. The van der Waals surface area contributed by atoms with Gasteiger partial charge >= 0.3 is 0 Å². The zero-order valence-electron chi connectivity index (χ0n) is 13.7. The molecule has 0 spiro atoms. The summed E-state index contributed by atoms with van der Waals surface area (Å²) in [7, 11) is -1.87. The molecule has 128 valence electrons. The van der Waals surface area contributed by atoms with Gasteiger partial charge < -0.3 is 9.94 Å². The Hall–Kier alpha value is -2.54. The number of benzene rings is 2. The molecule has 0 aromatic heterocycles. The normalized spacial score (nSPS) is 12.2. The fraction of sp³-hybridized carbons (Fsp3) is 0.235. The van der Waals surface area contributed by atoms with E-state index in [0.29, 0.717) is 28.3 Å². The van der Waals surface area contributed by atoms with Crippen molar-refractivity contribution in [2.45, 2.75) is 19.1 Å². The summed E-state index contributed by atoms with van der Waals surface area (Å²) in [4.78, 5) is 0. The van der Waals surface area contributed by atoms with E-state index >= 15 is 0 Å². The van der Waals surface area contributed by atoms with Crippen LogP contribution in [0.15, 0.2) is 53.7 Å². The van der Waals surface area contributed by atoms with Gasteiger partial charge in [0.25, 0.3) is 0 Å². The van der Waals surface area contributed by atoms with E-state index in [2.05, 4.69) is 9.88 Å². The van der Waals surface area contributed by atoms with Crippen LogP contribution >= 0.6 is 0 Å². The van der Waals surface area contributed by atoms with Gasteiger partial charge in [0.15, 0.2) is 0 Å². The SMILES string of the molecule is COc1ccc(/C(=N/O)c2cccc(NS(=O)(=O)C(C)C)c2)cc1. The van der Waals surface area contributed by atoms with Gasteiger partial charge in [0.1, 0.15) is 11.5 Å². The second kappa shape index (κ2) is 7.35. The molecule has 2 rings (SSSR count). The van der Waals surface area contributed by atoms with Gasteiger partial charge in [-0.2, -0.15) is 0 Å². The number of nitrogens with zero attached hydrogens (tertiary/aromatic N) is 1. The fourth-order valence-electron chi connectivity index (χ4n) is 2.04. The first kappa shape index (κ1) is 17.8. The summed E-state index contributed by atoms with van der Waals surface area (Å²) in [6.07, 6.45) is 0. The van der Waals surface area contributed by atoms with Crippen LogP contribution in [0, 0.1) is 0 Å². The molecule has 0 fully saturated rings. The smallest absolute Gasteiger partial charge is 0.235 e. The molecule has 0 amide bonds. The van der Waals surface area contributed by atoms with Crippen LogP contribution in [-0.4, -0.2) is 31.7 Å². The summed E-state index contributed by atoms with van der Waals surface area (Å²) in [5.74, 6) is 0.689. The minimum Gasteiger partial charge on any atom is -0.497 e. The van der Waals surface area contributed by atoms with E-state index in [1.807, 2.05) is 0 Å². The van der Waals surface area contributed by atoms with Crippen LogP contribution < -0.4 is 9.46 Å². The van der Waals surface area contributed by atoms with Gasteiger partial charge in [-0.3, -0.25) is 4.72 Å². The lowest BCUT2D eigenvalue weighted by molar-refractivity contribution is 0.319. The number of oxime groups is 1. The van der Waals surface area contributed by atoms with E-state index in [4.69, 9.17) is 4.74 Å². The zero-order valence-corrected chi connectivity index (χ0v) is 14.5. The number of ether oxygens (including phenoxy) is 1. The first-order valence-corrected chi connectivity index (χ1v) is 8.90. The molecule has 0 bridgehead atoms. The topological polar surface area (TPSA) is 88.0 Å². The number of hydrogen-bond acceptors (Lipinski definition) is 5. The number of anilines is 1. The van der Waals surface area contributed by atoms with Gasteiger partial charge in [-0.1, -0.05) is 17.3 Å². The van der Waals surface area contributed by atoms with Crippen LogP contribution in [0.4, 0.5) is 5.69 Å². The van der Waals surface area contributed by atoms with Crippen molar-refractivity contribution in [2.24, 2.45) is 5.16 Å². The lowest BCUT2D eigenvalue weighted by Gasteiger charge is -2.12. The van der Waals surface area contributed by atoms with E-state index in [1.54, 1.807) is 69.5 Å². The number of hydrogen-bond donors (Lipinski definition) is 2. The summed E-state index contributed by atoms with van der Waals surface area (Å²) in [5, 5.41) is 12.2.